The van der Waals surface area contributed by atoms with Crippen LogP contribution in [0.1, 0.15) is 80.3 Å². The summed E-state index contributed by atoms with van der Waals surface area (Å²) < 4.78 is 13.3. The summed E-state index contributed by atoms with van der Waals surface area (Å²) in [5, 5.41) is 10.6. The average molecular weight is 625 g/mol. The van der Waals surface area contributed by atoms with Crippen molar-refractivity contribution in [2.75, 3.05) is 6.54 Å². The third-order valence-electron chi connectivity index (χ3n) is 10.6. The van der Waals surface area contributed by atoms with E-state index < -0.39 is 36.5 Å². The van der Waals surface area contributed by atoms with Gasteiger partial charge in [-0.25, -0.2) is 0 Å². The fourth-order valence-corrected chi connectivity index (χ4v) is 7.75. The number of hydrogen-bond acceptors (Lipinski definition) is 6. The zero-order chi connectivity index (χ0) is 32.8. The molecule has 7 rings (SSSR count). The van der Waals surface area contributed by atoms with Gasteiger partial charge in [-0.1, -0.05) is 69.7 Å². The van der Waals surface area contributed by atoms with Gasteiger partial charge in [0.1, 0.15) is 11.7 Å². The molecule has 0 radical (unpaired) electrons. The van der Waals surface area contributed by atoms with Gasteiger partial charge >= 0.3 is 7.12 Å². The third-order valence-corrected chi connectivity index (χ3v) is 10.6. The van der Waals surface area contributed by atoms with Gasteiger partial charge in [-0.05, 0) is 79.9 Å². The number of fused-ring (bicyclic) bond motifs is 1. The highest BCUT2D eigenvalue weighted by Crippen LogP contribution is 2.65. The molecule has 3 aliphatic carbocycles. The van der Waals surface area contributed by atoms with Crippen LogP contribution in [0.4, 0.5) is 0 Å². The number of nitrogens with one attached hydrogen (secondary N) is 3. The van der Waals surface area contributed by atoms with E-state index in [-0.39, 0.29) is 35.6 Å². The maximum absolute atomic E-state index is 14.0. The van der Waals surface area contributed by atoms with Crippen LogP contribution in [-0.4, -0.2) is 60.1 Å². The fraction of sp³-hybridized carbons (Fsp3) is 0.500. The molecule has 2 aromatic carbocycles. The van der Waals surface area contributed by atoms with Crippen molar-refractivity contribution in [2.45, 2.75) is 84.5 Å². The largest absolute Gasteiger partial charge is 0.481 e. The Kier molecular flexibility index (Phi) is 8.72. The topological polar surface area (TPSA) is 119 Å². The molecule has 1 saturated heterocycles. The Labute approximate surface area is 271 Å². The molecule has 6 atom stereocenters. The van der Waals surface area contributed by atoms with E-state index in [2.05, 4.69) is 55.6 Å². The normalized spacial score (nSPS) is 25.7. The lowest BCUT2D eigenvalue weighted by Gasteiger charge is -2.64. The van der Waals surface area contributed by atoms with Crippen LogP contribution in [0, 0.1) is 30.1 Å². The van der Waals surface area contributed by atoms with Crippen LogP contribution in [0.2, 0.25) is 0 Å². The van der Waals surface area contributed by atoms with Gasteiger partial charge < -0.3 is 25.3 Å². The first-order valence-corrected chi connectivity index (χ1v) is 16.5. The van der Waals surface area contributed by atoms with E-state index in [1.807, 2.05) is 43.3 Å². The van der Waals surface area contributed by atoms with E-state index in [0.717, 1.165) is 29.2 Å². The minimum absolute atomic E-state index is 0.0240. The van der Waals surface area contributed by atoms with Gasteiger partial charge in [0.2, 0.25) is 5.91 Å². The SMILES string of the molecule is Cc1ccc(C(=O)NC[C@H](NC(=O)c2cc3ccccc3cn2)C(=O)N[C@@H](CC(C)C)B2O[C@@H]3C[C@H]4C[C@@H](C4(C)C)[C@]3(C)O2)cc1. The highest BCUT2D eigenvalue weighted by atomic mass is 16.7. The predicted molar refractivity (Wildman–Crippen MR) is 178 cm³/mol. The Morgan fingerprint density at radius 3 is 2.39 bits per heavy atom. The molecule has 4 aliphatic rings. The zero-order valence-corrected chi connectivity index (χ0v) is 27.6. The molecular formula is C36H45BN4O5. The molecular weight excluding hydrogens is 579 g/mol. The summed E-state index contributed by atoms with van der Waals surface area (Å²) in [7, 11) is -0.614. The molecule has 3 aromatic rings. The van der Waals surface area contributed by atoms with Gasteiger partial charge in [0, 0.05) is 23.7 Å². The number of carbonyl (C=O) groups is 3. The fourth-order valence-electron chi connectivity index (χ4n) is 7.75. The zero-order valence-electron chi connectivity index (χ0n) is 27.6. The number of carbonyl (C=O) groups excluding carboxylic acids is 3. The van der Waals surface area contributed by atoms with E-state index in [1.54, 1.807) is 24.4 Å². The lowest BCUT2D eigenvalue weighted by molar-refractivity contribution is -0.199. The Bertz CT molecular complexity index is 1630. The lowest BCUT2D eigenvalue weighted by atomic mass is 9.43. The molecule has 4 fully saturated rings. The van der Waals surface area contributed by atoms with Crippen molar-refractivity contribution in [2.24, 2.45) is 23.2 Å². The van der Waals surface area contributed by atoms with Gasteiger partial charge in [0.05, 0.1) is 17.6 Å². The Hall–Kier alpha value is -3.76. The summed E-state index contributed by atoms with van der Waals surface area (Å²) in [6.07, 6.45) is 4.32. The molecule has 2 heterocycles. The van der Waals surface area contributed by atoms with Crippen molar-refractivity contribution >= 4 is 35.6 Å². The Morgan fingerprint density at radius 2 is 1.70 bits per heavy atom. The number of hydrogen-bond donors (Lipinski definition) is 3. The Morgan fingerprint density at radius 1 is 0.978 bits per heavy atom. The Balaban J connectivity index is 1.21. The minimum atomic E-state index is -1.07. The van der Waals surface area contributed by atoms with Crippen molar-refractivity contribution < 1.29 is 23.7 Å². The molecule has 3 N–H and O–H groups in total. The standard InChI is InChI=1S/C36H45BN4O5/c1-21(2)15-31(37-45-30-18-26-17-29(35(26,4)5)36(30,6)46-37)41-34(44)28(20-39-32(42)23-13-11-22(3)12-14-23)40-33(43)27-16-24-9-7-8-10-25(24)19-38-27/h7-14,16,19,21,26,28-31H,15,17-18,20H2,1-6H3,(H,39,42)(H,40,43)(H,41,44)/t26-,28+,29+,30-,31+,36+/m1/s1. The van der Waals surface area contributed by atoms with Crippen molar-refractivity contribution in [1.29, 1.82) is 0 Å². The molecule has 9 nitrogen and oxygen atoms in total. The summed E-state index contributed by atoms with van der Waals surface area (Å²) in [6.45, 7) is 12.8. The molecule has 0 unspecified atom stereocenters. The first kappa shape index (κ1) is 32.2. The van der Waals surface area contributed by atoms with Crippen LogP contribution >= 0.6 is 0 Å². The third kappa shape index (κ3) is 6.17. The van der Waals surface area contributed by atoms with Crippen molar-refractivity contribution in [3.63, 3.8) is 0 Å². The number of rotatable bonds is 10. The van der Waals surface area contributed by atoms with Gasteiger partial charge in [-0.2, -0.15) is 0 Å². The summed E-state index contributed by atoms with van der Waals surface area (Å²) in [6, 6.07) is 15.4. The van der Waals surface area contributed by atoms with Crippen LogP contribution in [0.5, 0.6) is 0 Å². The highest BCUT2D eigenvalue weighted by molar-refractivity contribution is 6.48. The highest BCUT2D eigenvalue weighted by Gasteiger charge is 2.68. The van der Waals surface area contributed by atoms with Gasteiger partial charge in [0.25, 0.3) is 11.8 Å². The van der Waals surface area contributed by atoms with E-state index in [0.29, 0.717) is 23.8 Å². The van der Waals surface area contributed by atoms with E-state index in [4.69, 9.17) is 9.31 Å². The van der Waals surface area contributed by atoms with E-state index in [9.17, 15) is 14.4 Å². The molecule has 10 heteroatoms. The van der Waals surface area contributed by atoms with Gasteiger partial charge in [-0.3, -0.25) is 19.4 Å². The van der Waals surface area contributed by atoms with Crippen LogP contribution < -0.4 is 16.0 Å². The number of pyridine rings is 1. The number of aromatic nitrogens is 1. The second-order valence-corrected chi connectivity index (χ2v) is 14.6. The maximum Gasteiger partial charge on any atom is 0.481 e. The summed E-state index contributed by atoms with van der Waals surface area (Å²) in [4.78, 5) is 44.9. The number of nitrogens with zero attached hydrogens (tertiary/aromatic N) is 1. The minimum Gasteiger partial charge on any atom is -0.404 e. The number of aryl methyl sites for hydroxylation is 1. The maximum atomic E-state index is 14.0. The second kappa shape index (κ2) is 12.5. The molecule has 3 saturated carbocycles. The van der Waals surface area contributed by atoms with Gasteiger partial charge in [0.15, 0.2) is 0 Å². The van der Waals surface area contributed by atoms with Crippen LogP contribution in [0.25, 0.3) is 10.8 Å². The van der Waals surface area contributed by atoms with Crippen LogP contribution in [0.15, 0.2) is 60.8 Å². The monoisotopic (exact) mass is 624 g/mol. The molecule has 3 amide bonds. The van der Waals surface area contributed by atoms with E-state index >= 15 is 0 Å². The van der Waals surface area contributed by atoms with Crippen LogP contribution in [-0.2, 0) is 14.1 Å². The average Bonchev–Trinajstić information content (AvgIpc) is 3.39. The summed E-state index contributed by atoms with van der Waals surface area (Å²) in [5.74, 6) is -0.476. The van der Waals surface area contributed by atoms with Crippen molar-refractivity contribution in [3.8, 4) is 0 Å². The van der Waals surface area contributed by atoms with Crippen molar-refractivity contribution in [1.82, 2.24) is 20.9 Å². The molecule has 0 spiro atoms. The van der Waals surface area contributed by atoms with Crippen molar-refractivity contribution in [3.05, 3.63) is 77.6 Å². The quantitative estimate of drug-likeness (QED) is 0.277. The lowest BCUT2D eigenvalue weighted by Crippen LogP contribution is -2.65. The number of benzene rings is 2. The first-order chi connectivity index (χ1) is 21.8. The second-order valence-electron chi connectivity index (χ2n) is 14.6. The summed E-state index contributed by atoms with van der Waals surface area (Å²) in [5.41, 5.74) is 1.46. The smallest absolute Gasteiger partial charge is 0.404 e. The molecule has 1 aromatic heterocycles. The van der Waals surface area contributed by atoms with Gasteiger partial charge in [-0.15, -0.1) is 0 Å². The molecule has 242 valence electrons. The molecule has 1 aliphatic heterocycles. The van der Waals surface area contributed by atoms with E-state index in [1.165, 1.54) is 0 Å². The molecule has 2 bridgehead atoms. The molecule has 46 heavy (non-hydrogen) atoms. The predicted octanol–water partition coefficient (Wildman–Crippen LogP) is 4.87. The van der Waals surface area contributed by atoms with Crippen LogP contribution in [0.3, 0.4) is 0 Å². The first-order valence-electron chi connectivity index (χ1n) is 16.5. The summed E-state index contributed by atoms with van der Waals surface area (Å²) >= 11 is 0. The number of amides is 3.